The molecule has 2 aromatic heterocycles. The van der Waals surface area contributed by atoms with Crippen LogP contribution >= 0.6 is 11.3 Å². The number of fused-ring (bicyclic) bond motifs is 3. The van der Waals surface area contributed by atoms with Gasteiger partial charge in [-0.3, -0.25) is 9.59 Å². The average Bonchev–Trinajstić information content (AvgIpc) is 3.37. The van der Waals surface area contributed by atoms with Gasteiger partial charge in [0.25, 0.3) is 11.8 Å². The molecular formula is C31H30N4O5S. The van der Waals surface area contributed by atoms with E-state index in [4.69, 9.17) is 10.5 Å². The summed E-state index contributed by atoms with van der Waals surface area (Å²) in [4.78, 5) is 44.2. The molecule has 0 bridgehead atoms. The third-order valence-corrected chi connectivity index (χ3v) is 7.90. The number of thiophene rings is 1. The minimum Gasteiger partial charge on any atom is -0.493 e. The van der Waals surface area contributed by atoms with Gasteiger partial charge in [-0.25, -0.2) is 9.78 Å². The number of nitrogens with one attached hydrogen (secondary N) is 2. The number of amides is 2. The summed E-state index contributed by atoms with van der Waals surface area (Å²) in [7, 11) is 0. The summed E-state index contributed by atoms with van der Waals surface area (Å²) in [5.41, 5.74) is 10.3. The minimum absolute atomic E-state index is 0.0184. The highest BCUT2D eigenvalue weighted by Gasteiger charge is 2.26. The van der Waals surface area contributed by atoms with E-state index in [0.717, 1.165) is 33.6 Å². The molecule has 1 aliphatic rings. The molecule has 0 saturated heterocycles. The zero-order chi connectivity index (χ0) is 29.1. The van der Waals surface area contributed by atoms with E-state index >= 15 is 0 Å². The number of nitrogens with two attached hydrogens (primary N) is 1. The van der Waals surface area contributed by atoms with Crippen molar-refractivity contribution in [3.63, 3.8) is 0 Å². The number of aromatic nitrogens is 1. The Morgan fingerprint density at radius 3 is 2.59 bits per heavy atom. The average molecular weight is 571 g/mol. The van der Waals surface area contributed by atoms with Crippen molar-refractivity contribution in [2.75, 3.05) is 18.5 Å². The highest BCUT2D eigenvalue weighted by atomic mass is 32.1. The fraction of sp³-hybridized carbons (Fsp3) is 0.226. The highest BCUT2D eigenvalue weighted by Crippen LogP contribution is 2.42. The second-order valence-electron chi connectivity index (χ2n) is 9.71. The molecule has 0 unspecified atom stereocenters. The van der Waals surface area contributed by atoms with Crippen LogP contribution in [0.15, 0.2) is 53.9 Å². The van der Waals surface area contributed by atoms with Crippen LogP contribution < -0.4 is 21.1 Å². The van der Waals surface area contributed by atoms with Gasteiger partial charge in [0.1, 0.15) is 11.4 Å². The Morgan fingerprint density at radius 2 is 1.85 bits per heavy atom. The number of nitrogens with zero attached hydrogens (tertiary/aromatic N) is 1. The normalized spacial score (nSPS) is 12.0. The van der Waals surface area contributed by atoms with Gasteiger partial charge in [-0.05, 0) is 71.8 Å². The summed E-state index contributed by atoms with van der Waals surface area (Å²) in [5, 5.41) is 17.8. The number of aromatic carboxylic acids is 1. The number of carboxylic acids is 1. The van der Waals surface area contributed by atoms with Gasteiger partial charge in [0.2, 0.25) is 0 Å². The number of hydrogen-bond acceptors (Lipinski definition) is 7. The molecule has 0 spiro atoms. The van der Waals surface area contributed by atoms with Gasteiger partial charge < -0.3 is 26.2 Å². The molecule has 5 N–H and O–H groups in total. The number of ether oxygens (including phenoxy) is 1. The Morgan fingerprint density at radius 1 is 1.02 bits per heavy atom. The van der Waals surface area contributed by atoms with E-state index in [9.17, 15) is 19.5 Å². The lowest BCUT2D eigenvalue weighted by Crippen LogP contribution is -2.25. The topological polar surface area (TPSA) is 144 Å². The van der Waals surface area contributed by atoms with Crippen molar-refractivity contribution in [1.29, 1.82) is 0 Å². The lowest BCUT2D eigenvalue weighted by molar-refractivity contribution is 0.0691. The molecule has 210 valence electrons. The van der Waals surface area contributed by atoms with Gasteiger partial charge in [0.15, 0.2) is 5.69 Å². The molecule has 0 fully saturated rings. The minimum atomic E-state index is -1.32. The molecule has 10 heteroatoms. The first-order valence-electron chi connectivity index (χ1n) is 13.3. The number of anilines is 1. The molecular weight excluding hydrogens is 540 g/mol. The number of pyridine rings is 1. The fourth-order valence-electron chi connectivity index (χ4n) is 4.83. The second kappa shape index (κ2) is 11.9. The number of hydrogen-bond donors (Lipinski definition) is 4. The first-order chi connectivity index (χ1) is 19.8. The van der Waals surface area contributed by atoms with Crippen LogP contribution in [0.1, 0.15) is 60.7 Å². The van der Waals surface area contributed by atoms with Crippen LogP contribution in [0.3, 0.4) is 0 Å². The second-order valence-corrected chi connectivity index (χ2v) is 10.7. The summed E-state index contributed by atoms with van der Waals surface area (Å²) >= 11 is 1.62. The van der Waals surface area contributed by atoms with E-state index in [1.807, 2.05) is 37.4 Å². The molecule has 1 aliphatic heterocycles. The van der Waals surface area contributed by atoms with Gasteiger partial charge in [-0.2, -0.15) is 0 Å². The third-order valence-electron chi connectivity index (χ3n) is 6.92. The number of carboxylic acid groups (broad SMARTS) is 1. The van der Waals surface area contributed by atoms with Gasteiger partial charge in [0, 0.05) is 52.3 Å². The molecule has 2 amide bonds. The fourth-order valence-corrected chi connectivity index (χ4v) is 5.70. The van der Waals surface area contributed by atoms with Crippen molar-refractivity contribution in [1.82, 2.24) is 10.3 Å². The molecule has 0 atom stereocenters. The van der Waals surface area contributed by atoms with E-state index in [2.05, 4.69) is 15.6 Å². The maximum Gasteiger partial charge on any atom is 0.355 e. The van der Waals surface area contributed by atoms with Crippen molar-refractivity contribution in [2.45, 2.75) is 33.2 Å². The first-order valence-corrected chi connectivity index (χ1v) is 14.2. The number of carbonyl (C=O) groups is 3. The summed E-state index contributed by atoms with van der Waals surface area (Å²) < 4.78 is 6.09. The molecule has 0 aliphatic carbocycles. The molecule has 4 aromatic rings. The van der Waals surface area contributed by atoms with Crippen molar-refractivity contribution in [3.8, 4) is 28.0 Å². The Bertz CT molecular complexity index is 1660. The van der Waals surface area contributed by atoms with Crippen LogP contribution in [0, 0.1) is 6.92 Å². The van der Waals surface area contributed by atoms with Crippen molar-refractivity contribution < 1.29 is 24.2 Å². The molecule has 0 saturated carbocycles. The zero-order valence-electron chi connectivity index (χ0n) is 22.7. The molecule has 0 radical (unpaired) electrons. The van der Waals surface area contributed by atoms with Crippen molar-refractivity contribution in [3.05, 3.63) is 86.9 Å². The van der Waals surface area contributed by atoms with E-state index in [-0.39, 0.29) is 22.5 Å². The quantitative estimate of drug-likeness (QED) is 0.226. The molecule has 2 aromatic carbocycles. The predicted octanol–water partition coefficient (Wildman–Crippen LogP) is 5.27. The van der Waals surface area contributed by atoms with Crippen LogP contribution in [-0.4, -0.2) is 41.0 Å². The van der Waals surface area contributed by atoms with Gasteiger partial charge in [-0.15, -0.1) is 11.3 Å². The van der Waals surface area contributed by atoms with Gasteiger partial charge in [0.05, 0.1) is 6.61 Å². The van der Waals surface area contributed by atoms with Crippen molar-refractivity contribution in [2.24, 2.45) is 5.73 Å². The van der Waals surface area contributed by atoms with E-state index < -0.39 is 17.8 Å². The summed E-state index contributed by atoms with van der Waals surface area (Å²) in [6.45, 7) is 5.06. The molecule has 9 nitrogen and oxygen atoms in total. The van der Waals surface area contributed by atoms with Crippen LogP contribution in [0.5, 0.6) is 5.75 Å². The largest absolute Gasteiger partial charge is 0.493 e. The summed E-state index contributed by atoms with van der Waals surface area (Å²) in [5.74, 6) is -1.67. The third kappa shape index (κ3) is 5.70. The smallest absolute Gasteiger partial charge is 0.355 e. The van der Waals surface area contributed by atoms with Crippen LogP contribution in [0.2, 0.25) is 0 Å². The van der Waals surface area contributed by atoms with Crippen LogP contribution in [0.4, 0.5) is 5.69 Å². The number of benzene rings is 2. The monoisotopic (exact) mass is 570 g/mol. The van der Waals surface area contributed by atoms with Gasteiger partial charge in [-0.1, -0.05) is 19.1 Å². The summed E-state index contributed by atoms with van der Waals surface area (Å²) in [6.07, 6.45) is 1.44. The lowest BCUT2D eigenvalue weighted by atomic mass is 9.92. The van der Waals surface area contributed by atoms with E-state index in [1.165, 1.54) is 12.1 Å². The van der Waals surface area contributed by atoms with Crippen LogP contribution in [0.25, 0.3) is 22.3 Å². The molecule has 3 heterocycles. The zero-order valence-corrected chi connectivity index (χ0v) is 23.6. The molecule has 41 heavy (non-hydrogen) atoms. The lowest BCUT2D eigenvalue weighted by Gasteiger charge is -2.18. The van der Waals surface area contributed by atoms with Crippen molar-refractivity contribution >= 4 is 34.8 Å². The summed E-state index contributed by atoms with van der Waals surface area (Å²) in [6, 6.07) is 14.0. The highest BCUT2D eigenvalue weighted by molar-refractivity contribution is 7.10. The van der Waals surface area contributed by atoms with Crippen LogP contribution in [-0.2, 0) is 13.0 Å². The molecule has 5 rings (SSSR count). The maximum absolute atomic E-state index is 13.9. The Hall–Kier alpha value is -4.54. The van der Waals surface area contributed by atoms with E-state index in [0.29, 0.717) is 43.1 Å². The number of carbonyl (C=O) groups excluding carboxylic acids is 2. The standard InChI is InChI=1S/C31H30N4O5S/c1-3-10-33-30(37)25-7-5-20(28(34-25)31(38)39)21-15-26-22(19-9-12-41-27(19)8-11-40-26)14-23(21)29(36)35-24-6-4-18(16-32)13-17(24)2/h4-7,9,12-15H,3,8,10-11,16,32H2,1-2H3,(H,33,37)(H,35,36)(H,38,39). The SMILES string of the molecule is CCCNC(=O)c1ccc(-c2cc3c(cc2C(=O)Nc2ccc(CN)cc2C)-c2ccsc2CCO3)c(C(=O)O)n1. The Balaban J connectivity index is 1.66. The van der Waals surface area contributed by atoms with E-state index in [1.54, 1.807) is 29.5 Å². The maximum atomic E-state index is 13.9. The Kier molecular flexibility index (Phi) is 8.14. The van der Waals surface area contributed by atoms with Gasteiger partial charge >= 0.3 is 5.97 Å². The first kappa shape index (κ1) is 28.0. The number of aryl methyl sites for hydroxylation is 1. The number of rotatable bonds is 8. The predicted molar refractivity (Wildman–Crippen MR) is 159 cm³/mol. The Labute approximate surface area is 241 Å².